The van der Waals surface area contributed by atoms with Crippen molar-refractivity contribution in [1.82, 2.24) is 30.3 Å². The van der Waals surface area contributed by atoms with Gasteiger partial charge >= 0.3 is 6.09 Å². The standard InChI is InChI=1S/C26H26ClFN8O5/c1-30-25(37)23-18(12-21(27)33-34-23)31-19-11-14(10-15(24(19)39-3)17-6-8-36(2)35-17)7-9-40-13-20-16(28)4-5-22(32-20)41-26(29)38/h4-6,8,10-12H,7,9,13H2,1-3H3,(H2,29,38)(H,30,37)(H,31,33). The number of aromatic nitrogens is 5. The van der Waals surface area contributed by atoms with Gasteiger partial charge in [0.05, 0.1) is 37.4 Å². The number of nitrogens with one attached hydrogen (secondary N) is 2. The highest BCUT2D eigenvalue weighted by molar-refractivity contribution is 6.29. The number of carbonyl (C=O) groups excluding carboxylic acids is 2. The molecule has 4 N–H and O–H groups in total. The van der Waals surface area contributed by atoms with Crippen molar-refractivity contribution in [1.29, 1.82) is 0 Å². The molecule has 0 unspecified atom stereocenters. The van der Waals surface area contributed by atoms with Gasteiger partial charge in [-0.2, -0.15) is 5.10 Å². The van der Waals surface area contributed by atoms with E-state index in [-0.39, 0.29) is 35.6 Å². The van der Waals surface area contributed by atoms with E-state index in [1.54, 1.807) is 17.9 Å². The van der Waals surface area contributed by atoms with E-state index in [4.69, 9.17) is 31.5 Å². The van der Waals surface area contributed by atoms with Crippen LogP contribution in [-0.2, 0) is 24.8 Å². The lowest BCUT2D eigenvalue weighted by Gasteiger charge is -2.18. The van der Waals surface area contributed by atoms with Crippen molar-refractivity contribution < 1.29 is 28.2 Å². The predicted molar refractivity (Wildman–Crippen MR) is 147 cm³/mol. The third kappa shape index (κ3) is 7.23. The first-order valence-corrected chi connectivity index (χ1v) is 12.5. The van der Waals surface area contributed by atoms with Gasteiger partial charge in [0.2, 0.25) is 5.88 Å². The third-order valence-corrected chi connectivity index (χ3v) is 5.87. The molecule has 3 heterocycles. The minimum absolute atomic E-state index is 0.0316. The number of primary amides is 1. The molecule has 1 aromatic carbocycles. The SMILES string of the molecule is CNC(=O)c1nnc(Cl)cc1Nc1cc(CCOCc2nc(OC(N)=O)ccc2F)cc(-c2ccn(C)n2)c1OC. The highest BCUT2D eigenvalue weighted by Crippen LogP contribution is 2.39. The van der Waals surface area contributed by atoms with Gasteiger partial charge in [0.15, 0.2) is 16.6 Å². The average Bonchev–Trinajstić information content (AvgIpc) is 3.38. The van der Waals surface area contributed by atoms with E-state index in [1.165, 1.54) is 26.3 Å². The molecule has 0 fully saturated rings. The molecule has 41 heavy (non-hydrogen) atoms. The molecule has 0 saturated heterocycles. The molecule has 2 amide bonds. The number of methoxy groups -OCH3 is 1. The van der Waals surface area contributed by atoms with E-state index < -0.39 is 17.8 Å². The van der Waals surface area contributed by atoms with Gasteiger partial charge in [-0.15, -0.1) is 10.2 Å². The Balaban J connectivity index is 1.62. The van der Waals surface area contributed by atoms with E-state index in [1.807, 2.05) is 18.2 Å². The number of pyridine rings is 1. The molecule has 4 aromatic rings. The zero-order valence-corrected chi connectivity index (χ0v) is 23.0. The van der Waals surface area contributed by atoms with Gasteiger partial charge in [-0.3, -0.25) is 9.48 Å². The number of anilines is 2. The molecule has 0 saturated carbocycles. The number of hydrogen-bond acceptors (Lipinski definition) is 10. The molecule has 0 aliphatic rings. The van der Waals surface area contributed by atoms with Crippen molar-refractivity contribution in [3.05, 3.63) is 70.5 Å². The van der Waals surface area contributed by atoms with Crippen LogP contribution in [0.15, 0.2) is 42.6 Å². The first-order valence-electron chi connectivity index (χ1n) is 12.1. The fourth-order valence-electron chi connectivity index (χ4n) is 3.87. The Bertz CT molecular complexity index is 1580. The van der Waals surface area contributed by atoms with Crippen molar-refractivity contribution in [2.75, 3.05) is 26.1 Å². The summed E-state index contributed by atoms with van der Waals surface area (Å²) in [5, 5.41) is 18.0. The molecule has 0 radical (unpaired) electrons. The minimum Gasteiger partial charge on any atom is -0.494 e. The van der Waals surface area contributed by atoms with Crippen LogP contribution in [0.1, 0.15) is 21.7 Å². The second-order valence-electron chi connectivity index (χ2n) is 8.53. The Labute approximate surface area is 238 Å². The van der Waals surface area contributed by atoms with Crippen molar-refractivity contribution >= 4 is 35.0 Å². The lowest BCUT2D eigenvalue weighted by molar-refractivity contribution is 0.0958. The Hall–Kier alpha value is -4.82. The van der Waals surface area contributed by atoms with Crippen LogP contribution in [0.25, 0.3) is 11.3 Å². The second-order valence-corrected chi connectivity index (χ2v) is 8.92. The molecular weight excluding hydrogens is 559 g/mol. The third-order valence-electron chi connectivity index (χ3n) is 5.69. The first-order chi connectivity index (χ1) is 19.7. The summed E-state index contributed by atoms with van der Waals surface area (Å²) in [6.45, 7) is 0.00834. The number of carbonyl (C=O) groups is 2. The van der Waals surface area contributed by atoms with E-state index in [2.05, 4.69) is 30.9 Å². The van der Waals surface area contributed by atoms with Crippen molar-refractivity contribution in [3.8, 4) is 22.9 Å². The number of ether oxygens (including phenoxy) is 3. The largest absolute Gasteiger partial charge is 0.494 e. The van der Waals surface area contributed by atoms with E-state index >= 15 is 0 Å². The summed E-state index contributed by atoms with van der Waals surface area (Å²) < 4.78 is 32.0. The maximum absolute atomic E-state index is 14.2. The Morgan fingerprint density at radius 2 is 1.95 bits per heavy atom. The highest BCUT2D eigenvalue weighted by atomic mass is 35.5. The van der Waals surface area contributed by atoms with Crippen LogP contribution >= 0.6 is 11.6 Å². The number of aryl methyl sites for hydroxylation is 1. The van der Waals surface area contributed by atoms with Gasteiger partial charge in [0.25, 0.3) is 5.91 Å². The van der Waals surface area contributed by atoms with Gasteiger partial charge in [-0.25, -0.2) is 14.2 Å². The smallest absolute Gasteiger partial charge is 0.411 e. The zero-order chi connectivity index (χ0) is 29.5. The van der Waals surface area contributed by atoms with Crippen molar-refractivity contribution in [2.24, 2.45) is 12.8 Å². The Kier molecular flexibility index (Phi) is 9.26. The molecule has 3 aromatic heterocycles. The molecule has 0 atom stereocenters. The number of nitrogens with two attached hydrogens (primary N) is 1. The summed E-state index contributed by atoms with van der Waals surface area (Å²) >= 11 is 6.08. The summed E-state index contributed by atoms with van der Waals surface area (Å²) in [5.74, 6) is -0.755. The number of halogens is 2. The molecule has 0 spiro atoms. The summed E-state index contributed by atoms with van der Waals surface area (Å²) in [5.41, 5.74) is 7.92. The number of benzene rings is 1. The molecule has 0 aliphatic heterocycles. The number of nitrogens with zero attached hydrogens (tertiary/aromatic N) is 5. The van der Waals surface area contributed by atoms with Crippen LogP contribution in [0.2, 0.25) is 5.15 Å². The topological polar surface area (TPSA) is 168 Å². The molecule has 4 rings (SSSR count). The zero-order valence-electron chi connectivity index (χ0n) is 22.3. The van der Waals surface area contributed by atoms with Gasteiger partial charge in [-0.05, 0) is 36.2 Å². The lowest BCUT2D eigenvalue weighted by Crippen LogP contribution is -2.21. The van der Waals surface area contributed by atoms with Crippen LogP contribution in [-0.4, -0.2) is 57.7 Å². The van der Waals surface area contributed by atoms with Crippen molar-refractivity contribution in [2.45, 2.75) is 13.0 Å². The molecule has 0 aliphatic carbocycles. The monoisotopic (exact) mass is 584 g/mol. The maximum atomic E-state index is 14.2. The summed E-state index contributed by atoms with van der Waals surface area (Å²) in [7, 11) is 4.79. The molecular formula is C26H26ClFN8O5. The van der Waals surface area contributed by atoms with Gasteiger partial charge < -0.3 is 30.6 Å². The second kappa shape index (κ2) is 13.0. The molecule has 15 heteroatoms. The Morgan fingerprint density at radius 1 is 1.15 bits per heavy atom. The quantitative estimate of drug-likeness (QED) is 0.222. The van der Waals surface area contributed by atoms with Crippen LogP contribution in [0.3, 0.4) is 0 Å². The lowest BCUT2D eigenvalue weighted by atomic mass is 10.0. The number of amides is 2. The highest BCUT2D eigenvalue weighted by Gasteiger charge is 2.20. The van der Waals surface area contributed by atoms with Gasteiger partial charge in [-0.1, -0.05) is 11.6 Å². The van der Waals surface area contributed by atoms with Gasteiger partial charge in [0.1, 0.15) is 11.5 Å². The molecule has 13 nitrogen and oxygen atoms in total. The fourth-order valence-corrected chi connectivity index (χ4v) is 4.02. The van der Waals surface area contributed by atoms with E-state index in [0.29, 0.717) is 34.8 Å². The predicted octanol–water partition coefficient (Wildman–Crippen LogP) is 3.39. The fraction of sp³-hybridized carbons (Fsp3) is 0.231. The van der Waals surface area contributed by atoms with E-state index in [0.717, 1.165) is 11.6 Å². The molecule has 0 bridgehead atoms. The Morgan fingerprint density at radius 3 is 2.63 bits per heavy atom. The van der Waals surface area contributed by atoms with Crippen LogP contribution in [0, 0.1) is 5.82 Å². The normalized spacial score (nSPS) is 10.8. The maximum Gasteiger partial charge on any atom is 0.411 e. The molecule has 214 valence electrons. The number of rotatable bonds is 11. The minimum atomic E-state index is -1.06. The van der Waals surface area contributed by atoms with E-state index in [9.17, 15) is 14.0 Å². The number of hydrogen-bond donors (Lipinski definition) is 3. The summed E-state index contributed by atoms with van der Waals surface area (Å²) in [4.78, 5) is 27.3. The average molecular weight is 585 g/mol. The van der Waals surface area contributed by atoms with Crippen LogP contribution in [0.5, 0.6) is 11.6 Å². The summed E-state index contributed by atoms with van der Waals surface area (Å²) in [6.07, 6.45) is 1.14. The summed E-state index contributed by atoms with van der Waals surface area (Å²) in [6, 6.07) is 9.32. The van der Waals surface area contributed by atoms with Crippen LogP contribution in [0.4, 0.5) is 20.6 Å². The van der Waals surface area contributed by atoms with Gasteiger partial charge in [0, 0.05) is 38.0 Å². The first kappa shape index (κ1) is 29.2. The van der Waals surface area contributed by atoms with Crippen LogP contribution < -0.4 is 25.8 Å². The van der Waals surface area contributed by atoms with Crippen molar-refractivity contribution in [3.63, 3.8) is 0 Å².